The van der Waals surface area contributed by atoms with Gasteiger partial charge in [0.2, 0.25) is 0 Å². The van der Waals surface area contributed by atoms with E-state index in [9.17, 15) is 4.79 Å². The molecule has 70 valence electrons. The van der Waals surface area contributed by atoms with Crippen LogP contribution < -0.4 is 5.73 Å². The minimum absolute atomic E-state index is 0.00596. The molecule has 0 amide bonds. The van der Waals surface area contributed by atoms with E-state index in [2.05, 4.69) is 0 Å². The maximum absolute atomic E-state index is 10.9. The van der Waals surface area contributed by atoms with Crippen molar-refractivity contribution < 1.29 is 9.53 Å². The Kier molecular flexibility index (Phi) is 3.80. The van der Waals surface area contributed by atoms with Gasteiger partial charge in [-0.1, -0.05) is 20.8 Å². The lowest BCUT2D eigenvalue weighted by molar-refractivity contribution is -0.140. The van der Waals surface area contributed by atoms with Gasteiger partial charge in [0, 0.05) is 11.8 Å². The van der Waals surface area contributed by atoms with Crippen LogP contribution in [-0.4, -0.2) is 12.6 Å². The summed E-state index contributed by atoms with van der Waals surface area (Å²) in [5.74, 6) is -0.370. The van der Waals surface area contributed by atoms with E-state index in [1.165, 1.54) is 6.08 Å². The third kappa shape index (κ3) is 7.12. The Morgan fingerprint density at radius 3 is 2.33 bits per heavy atom. The number of carbonyl (C=O) groups excluding carboxylic acids is 1. The first kappa shape index (κ1) is 11.0. The van der Waals surface area contributed by atoms with Crippen molar-refractivity contribution in [3.63, 3.8) is 0 Å². The highest BCUT2D eigenvalue weighted by atomic mass is 16.5. The number of rotatable bonds is 2. The van der Waals surface area contributed by atoms with E-state index >= 15 is 0 Å². The number of carbonyl (C=O) groups is 1. The molecule has 0 aromatic heterocycles. The molecule has 0 heterocycles. The van der Waals surface area contributed by atoms with Crippen LogP contribution in [0.4, 0.5) is 0 Å². The monoisotopic (exact) mass is 171 g/mol. The van der Waals surface area contributed by atoms with E-state index in [4.69, 9.17) is 10.5 Å². The zero-order valence-corrected chi connectivity index (χ0v) is 8.18. The molecule has 0 saturated carbocycles. The van der Waals surface area contributed by atoms with Crippen molar-refractivity contribution in [3.8, 4) is 0 Å². The second-order valence-electron chi connectivity index (χ2n) is 4.06. The Hall–Kier alpha value is -0.990. The van der Waals surface area contributed by atoms with Gasteiger partial charge in [-0.2, -0.15) is 0 Å². The number of hydrogen-bond acceptors (Lipinski definition) is 3. The van der Waals surface area contributed by atoms with E-state index in [0.717, 1.165) is 0 Å². The van der Waals surface area contributed by atoms with Gasteiger partial charge >= 0.3 is 5.97 Å². The molecule has 0 aliphatic rings. The standard InChI is InChI=1S/C9H17NO2/c1-7(10)5-8(11)12-6-9(2,3)4/h5H,6,10H2,1-4H3/b7-5-. The molecule has 0 aliphatic heterocycles. The molecule has 3 heteroatoms. The Morgan fingerprint density at radius 2 is 2.00 bits per heavy atom. The van der Waals surface area contributed by atoms with Crippen LogP contribution in [0.3, 0.4) is 0 Å². The molecule has 0 spiro atoms. The van der Waals surface area contributed by atoms with Crippen molar-refractivity contribution in [1.82, 2.24) is 0 Å². The number of allylic oxidation sites excluding steroid dienone is 1. The molecule has 0 aromatic rings. The van der Waals surface area contributed by atoms with Gasteiger partial charge in [-0.05, 0) is 12.3 Å². The van der Waals surface area contributed by atoms with Crippen LogP contribution in [0.5, 0.6) is 0 Å². The second kappa shape index (κ2) is 4.14. The molecule has 0 bridgehead atoms. The van der Waals surface area contributed by atoms with Gasteiger partial charge < -0.3 is 10.5 Å². The maximum Gasteiger partial charge on any atom is 0.332 e. The van der Waals surface area contributed by atoms with Gasteiger partial charge in [0.05, 0.1) is 6.61 Å². The molecule has 0 fully saturated rings. The average Bonchev–Trinajstić information content (AvgIpc) is 1.80. The number of hydrogen-bond donors (Lipinski definition) is 1. The first-order valence-corrected chi connectivity index (χ1v) is 3.92. The summed E-state index contributed by atoms with van der Waals surface area (Å²) in [6.45, 7) is 8.06. The fourth-order valence-corrected chi connectivity index (χ4v) is 0.515. The molecule has 0 radical (unpaired) electrons. The minimum atomic E-state index is -0.370. The molecular weight excluding hydrogens is 154 g/mol. The van der Waals surface area contributed by atoms with E-state index in [1.807, 2.05) is 20.8 Å². The van der Waals surface area contributed by atoms with Crippen molar-refractivity contribution in [2.75, 3.05) is 6.61 Å². The third-order valence-electron chi connectivity index (χ3n) is 0.993. The van der Waals surface area contributed by atoms with Crippen LogP contribution in [0.15, 0.2) is 11.8 Å². The second-order valence-corrected chi connectivity index (χ2v) is 4.06. The van der Waals surface area contributed by atoms with Crippen LogP contribution in [-0.2, 0) is 9.53 Å². The Labute approximate surface area is 73.6 Å². The van der Waals surface area contributed by atoms with Crippen molar-refractivity contribution >= 4 is 5.97 Å². The van der Waals surface area contributed by atoms with E-state index in [0.29, 0.717) is 12.3 Å². The quantitative estimate of drug-likeness (QED) is 0.505. The average molecular weight is 171 g/mol. The number of ether oxygens (including phenoxy) is 1. The van der Waals surface area contributed by atoms with E-state index in [1.54, 1.807) is 6.92 Å². The lowest BCUT2D eigenvalue weighted by Crippen LogP contribution is -2.17. The van der Waals surface area contributed by atoms with Gasteiger partial charge in [-0.3, -0.25) is 0 Å². The van der Waals surface area contributed by atoms with Crippen molar-refractivity contribution in [2.24, 2.45) is 11.1 Å². The maximum atomic E-state index is 10.9. The van der Waals surface area contributed by atoms with Crippen LogP contribution in [0.1, 0.15) is 27.7 Å². The molecule has 2 N–H and O–H groups in total. The zero-order chi connectivity index (χ0) is 9.78. The molecule has 0 unspecified atom stereocenters. The molecule has 12 heavy (non-hydrogen) atoms. The molecule has 0 aliphatic carbocycles. The number of nitrogens with two attached hydrogens (primary N) is 1. The Bertz CT molecular complexity index is 185. The summed E-state index contributed by atoms with van der Waals surface area (Å²) in [7, 11) is 0. The Morgan fingerprint density at radius 1 is 1.50 bits per heavy atom. The first-order chi connectivity index (χ1) is 5.31. The van der Waals surface area contributed by atoms with Crippen LogP contribution in [0.25, 0.3) is 0 Å². The summed E-state index contributed by atoms with van der Waals surface area (Å²) in [6, 6.07) is 0. The summed E-state index contributed by atoms with van der Waals surface area (Å²) in [5.41, 5.74) is 5.77. The lowest BCUT2D eigenvalue weighted by Gasteiger charge is -2.16. The highest BCUT2D eigenvalue weighted by Gasteiger charge is 2.12. The highest BCUT2D eigenvalue weighted by Crippen LogP contribution is 2.12. The SMILES string of the molecule is C/C(N)=C/C(=O)OCC(C)(C)C. The fraction of sp³-hybridized carbons (Fsp3) is 0.667. The third-order valence-corrected chi connectivity index (χ3v) is 0.993. The smallest absolute Gasteiger partial charge is 0.332 e. The first-order valence-electron chi connectivity index (χ1n) is 3.92. The van der Waals surface area contributed by atoms with Crippen molar-refractivity contribution in [2.45, 2.75) is 27.7 Å². The normalized spacial score (nSPS) is 12.8. The predicted molar refractivity (Wildman–Crippen MR) is 48.4 cm³/mol. The summed E-state index contributed by atoms with van der Waals surface area (Å²) < 4.78 is 4.92. The lowest BCUT2D eigenvalue weighted by atomic mass is 9.99. The van der Waals surface area contributed by atoms with Gasteiger partial charge in [-0.25, -0.2) is 4.79 Å². The van der Waals surface area contributed by atoms with E-state index < -0.39 is 0 Å². The van der Waals surface area contributed by atoms with Gasteiger partial charge in [0.15, 0.2) is 0 Å². The van der Waals surface area contributed by atoms with Gasteiger partial charge in [-0.15, -0.1) is 0 Å². The van der Waals surface area contributed by atoms with E-state index in [-0.39, 0.29) is 11.4 Å². The van der Waals surface area contributed by atoms with Crippen LogP contribution in [0, 0.1) is 5.41 Å². The zero-order valence-electron chi connectivity index (χ0n) is 8.18. The number of esters is 1. The molecule has 0 atom stereocenters. The summed E-state index contributed by atoms with van der Waals surface area (Å²) in [6.07, 6.45) is 1.28. The predicted octanol–water partition coefficient (Wildman–Crippen LogP) is 1.44. The minimum Gasteiger partial charge on any atom is -0.462 e. The van der Waals surface area contributed by atoms with Gasteiger partial charge in [0.25, 0.3) is 0 Å². The fourth-order valence-electron chi connectivity index (χ4n) is 0.515. The largest absolute Gasteiger partial charge is 0.462 e. The molecule has 0 rings (SSSR count). The Balaban J connectivity index is 3.81. The summed E-state index contributed by atoms with van der Waals surface area (Å²) >= 11 is 0. The molecule has 3 nitrogen and oxygen atoms in total. The molecule has 0 aromatic carbocycles. The van der Waals surface area contributed by atoms with Crippen molar-refractivity contribution in [1.29, 1.82) is 0 Å². The molecular formula is C9H17NO2. The topological polar surface area (TPSA) is 52.3 Å². The van der Waals surface area contributed by atoms with Crippen LogP contribution >= 0.6 is 0 Å². The van der Waals surface area contributed by atoms with Crippen LogP contribution in [0.2, 0.25) is 0 Å². The van der Waals surface area contributed by atoms with Crippen molar-refractivity contribution in [3.05, 3.63) is 11.8 Å². The molecule has 0 saturated heterocycles. The summed E-state index contributed by atoms with van der Waals surface area (Å²) in [5, 5.41) is 0. The summed E-state index contributed by atoms with van der Waals surface area (Å²) in [4.78, 5) is 10.9. The van der Waals surface area contributed by atoms with Gasteiger partial charge in [0.1, 0.15) is 0 Å². The highest BCUT2D eigenvalue weighted by molar-refractivity contribution is 5.82.